The predicted octanol–water partition coefficient (Wildman–Crippen LogP) is 2.24. The van der Waals surface area contributed by atoms with Gasteiger partial charge in [-0.2, -0.15) is 0 Å². The topological polar surface area (TPSA) is 45.7 Å². The molecule has 4 nitrogen and oxygen atoms in total. The van der Waals surface area contributed by atoms with Crippen LogP contribution in [0, 0.1) is 5.92 Å². The molecule has 0 atom stereocenters. The summed E-state index contributed by atoms with van der Waals surface area (Å²) in [5.74, 6) is 1.60. The molecule has 5 heteroatoms. The van der Waals surface area contributed by atoms with E-state index in [1.54, 1.807) is 0 Å². The molecule has 0 fully saturated rings. The molecule has 0 heterocycles. The summed E-state index contributed by atoms with van der Waals surface area (Å²) in [5, 5.41) is 6.46. The number of hydrogen-bond donors (Lipinski definition) is 2. The van der Waals surface area contributed by atoms with Crippen molar-refractivity contribution in [3.05, 3.63) is 0 Å². The van der Waals surface area contributed by atoms with Crippen LogP contribution in [-0.2, 0) is 4.74 Å². The van der Waals surface area contributed by atoms with E-state index in [1.807, 2.05) is 6.92 Å². The van der Waals surface area contributed by atoms with Gasteiger partial charge in [0.1, 0.15) is 0 Å². The minimum Gasteiger partial charge on any atom is -0.380 e. The molecule has 0 amide bonds. The zero-order chi connectivity index (χ0) is 12.2. The second-order valence-corrected chi connectivity index (χ2v) is 4.07. The quantitative estimate of drug-likeness (QED) is 0.303. The maximum absolute atomic E-state index is 5.26. The van der Waals surface area contributed by atoms with Crippen LogP contribution in [0.3, 0.4) is 0 Å². The molecule has 0 aliphatic heterocycles. The third kappa shape index (κ3) is 13.9. The Balaban J connectivity index is 0. The van der Waals surface area contributed by atoms with Gasteiger partial charge in [-0.05, 0) is 26.2 Å². The van der Waals surface area contributed by atoms with Gasteiger partial charge in [0.2, 0.25) is 0 Å². The fourth-order valence-corrected chi connectivity index (χ4v) is 1.16. The SMILES string of the molecule is CCNC(=NCCC(C)C)NCCOCC.I. The lowest BCUT2D eigenvalue weighted by Gasteiger charge is -2.11. The summed E-state index contributed by atoms with van der Waals surface area (Å²) in [6, 6.07) is 0. The molecule has 0 unspecified atom stereocenters. The molecule has 0 aromatic heterocycles. The summed E-state index contributed by atoms with van der Waals surface area (Å²) in [6.45, 7) is 12.6. The first-order chi connectivity index (χ1) is 7.70. The van der Waals surface area contributed by atoms with E-state index < -0.39 is 0 Å². The van der Waals surface area contributed by atoms with Crippen LogP contribution in [-0.4, -0.2) is 38.8 Å². The Hall–Kier alpha value is -0.0400. The van der Waals surface area contributed by atoms with Crippen molar-refractivity contribution in [3.63, 3.8) is 0 Å². The smallest absolute Gasteiger partial charge is 0.191 e. The van der Waals surface area contributed by atoms with Crippen LogP contribution in [0.1, 0.15) is 34.1 Å². The molecule has 0 saturated heterocycles. The molecule has 0 saturated carbocycles. The Bertz CT molecular complexity index is 187. The summed E-state index contributed by atoms with van der Waals surface area (Å²) < 4.78 is 5.26. The number of nitrogens with one attached hydrogen (secondary N) is 2. The average Bonchev–Trinajstić information content (AvgIpc) is 2.23. The summed E-state index contributed by atoms with van der Waals surface area (Å²) >= 11 is 0. The maximum Gasteiger partial charge on any atom is 0.191 e. The summed E-state index contributed by atoms with van der Waals surface area (Å²) in [7, 11) is 0. The monoisotopic (exact) mass is 357 g/mol. The van der Waals surface area contributed by atoms with E-state index in [9.17, 15) is 0 Å². The van der Waals surface area contributed by atoms with Gasteiger partial charge in [-0.25, -0.2) is 0 Å². The highest BCUT2D eigenvalue weighted by Crippen LogP contribution is 1.98. The van der Waals surface area contributed by atoms with Crippen LogP contribution in [0.15, 0.2) is 4.99 Å². The molecular weight excluding hydrogens is 329 g/mol. The number of nitrogens with zero attached hydrogens (tertiary/aromatic N) is 1. The Morgan fingerprint density at radius 2 is 1.94 bits per heavy atom. The van der Waals surface area contributed by atoms with Crippen LogP contribution in [0.2, 0.25) is 0 Å². The van der Waals surface area contributed by atoms with Gasteiger partial charge in [-0.15, -0.1) is 24.0 Å². The number of halogens is 1. The van der Waals surface area contributed by atoms with Crippen molar-refractivity contribution in [1.82, 2.24) is 10.6 Å². The first kappa shape index (κ1) is 19.3. The van der Waals surface area contributed by atoms with Crippen LogP contribution in [0.25, 0.3) is 0 Å². The Labute approximate surface area is 123 Å². The highest BCUT2D eigenvalue weighted by atomic mass is 127. The fraction of sp³-hybridized carbons (Fsp3) is 0.917. The molecule has 0 aromatic carbocycles. The minimum atomic E-state index is 0. The van der Waals surface area contributed by atoms with Crippen molar-refractivity contribution in [2.45, 2.75) is 34.1 Å². The van der Waals surface area contributed by atoms with E-state index >= 15 is 0 Å². The number of guanidine groups is 1. The van der Waals surface area contributed by atoms with Crippen molar-refractivity contribution in [2.24, 2.45) is 10.9 Å². The van der Waals surface area contributed by atoms with Crippen LogP contribution >= 0.6 is 24.0 Å². The fourth-order valence-electron chi connectivity index (χ4n) is 1.16. The third-order valence-corrected chi connectivity index (χ3v) is 2.06. The van der Waals surface area contributed by atoms with Gasteiger partial charge in [0.25, 0.3) is 0 Å². The van der Waals surface area contributed by atoms with Gasteiger partial charge < -0.3 is 15.4 Å². The maximum atomic E-state index is 5.26. The van der Waals surface area contributed by atoms with Crippen molar-refractivity contribution in [2.75, 3.05) is 32.8 Å². The molecule has 2 N–H and O–H groups in total. The van der Waals surface area contributed by atoms with E-state index in [2.05, 4.69) is 36.4 Å². The van der Waals surface area contributed by atoms with Crippen molar-refractivity contribution < 1.29 is 4.74 Å². The predicted molar refractivity (Wildman–Crippen MR) is 85.3 cm³/mol. The normalized spacial score (nSPS) is 11.2. The van der Waals surface area contributed by atoms with Crippen LogP contribution < -0.4 is 10.6 Å². The van der Waals surface area contributed by atoms with Crippen LogP contribution in [0.4, 0.5) is 0 Å². The number of hydrogen-bond acceptors (Lipinski definition) is 2. The Morgan fingerprint density at radius 3 is 2.47 bits per heavy atom. The molecule has 17 heavy (non-hydrogen) atoms. The van der Waals surface area contributed by atoms with E-state index in [-0.39, 0.29) is 24.0 Å². The molecule has 0 aromatic rings. The zero-order valence-electron chi connectivity index (χ0n) is 11.6. The summed E-state index contributed by atoms with van der Waals surface area (Å²) in [6.07, 6.45) is 1.13. The number of aliphatic imine (C=N–C) groups is 1. The van der Waals surface area contributed by atoms with Gasteiger partial charge in [0.05, 0.1) is 6.61 Å². The average molecular weight is 357 g/mol. The molecule has 0 spiro atoms. The summed E-state index contributed by atoms with van der Waals surface area (Å²) in [5.41, 5.74) is 0. The second kappa shape index (κ2) is 14.0. The lowest BCUT2D eigenvalue weighted by atomic mass is 10.1. The van der Waals surface area contributed by atoms with Crippen molar-refractivity contribution >= 4 is 29.9 Å². The zero-order valence-corrected chi connectivity index (χ0v) is 13.9. The van der Waals surface area contributed by atoms with E-state index in [4.69, 9.17) is 4.74 Å². The molecular formula is C12H28IN3O. The van der Waals surface area contributed by atoms with Gasteiger partial charge in [-0.3, -0.25) is 4.99 Å². The van der Waals surface area contributed by atoms with Crippen molar-refractivity contribution in [1.29, 1.82) is 0 Å². The minimum absolute atomic E-state index is 0. The molecule has 0 aliphatic rings. The molecule has 104 valence electrons. The van der Waals surface area contributed by atoms with E-state index in [1.165, 1.54) is 0 Å². The summed E-state index contributed by atoms with van der Waals surface area (Å²) in [4.78, 5) is 4.49. The van der Waals surface area contributed by atoms with Gasteiger partial charge >= 0.3 is 0 Å². The lowest BCUT2D eigenvalue weighted by Crippen LogP contribution is -2.39. The number of ether oxygens (including phenoxy) is 1. The third-order valence-electron chi connectivity index (χ3n) is 2.06. The molecule has 0 rings (SSSR count). The molecule has 0 radical (unpaired) electrons. The second-order valence-electron chi connectivity index (χ2n) is 4.07. The molecule has 0 bridgehead atoms. The van der Waals surface area contributed by atoms with Crippen LogP contribution in [0.5, 0.6) is 0 Å². The standard InChI is InChI=1S/C12H27N3O.HI/c1-5-13-12(14-8-7-11(3)4)15-9-10-16-6-2;/h11H,5-10H2,1-4H3,(H2,13,14,15);1H. The van der Waals surface area contributed by atoms with E-state index in [0.717, 1.165) is 45.2 Å². The Morgan fingerprint density at radius 1 is 1.24 bits per heavy atom. The first-order valence-electron chi connectivity index (χ1n) is 6.30. The van der Waals surface area contributed by atoms with Gasteiger partial charge in [-0.1, -0.05) is 13.8 Å². The number of rotatable bonds is 8. The van der Waals surface area contributed by atoms with Gasteiger partial charge in [0, 0.05) is 26.2 Å². The van der Waals surface area contributed by atoms with Gasteiger partial charge in [0.15, 0.2) is 5.96 Å². The molecule has 0 aliphatic carbocycles. The highest BCUT2D eigenvalue weighted by Gasteiger charge is 1.97. The highest BCUT2D eigenvalue weighted by molar-refractivity contribution is 14.0. The lowest BCUT2D eigenvalue weighted by molar-refractivity contribution is 0.152. The van der Waals surface area contributed by atoms with E-state index in [0.29, 0.717) is 5.92 Å². The first-order valence-corrected chi connectivity index (χ1v) is 6.30. The Kier molecular flexibility index (Phi) is 15.9. The largest absolute Gasteiger partial charge is 0.380 e. The van der Waals surface area contributed by atoms with Crippen molar-refractivity contribution in [3.8, 4) is 0 Å².